The Kier molecular flexibility index (Phi) is 9.43. The van der Waals surface area contributed by atoms with Crippen LogP contribution < -0.4 is 10.6 Å². The lowest BCUT2D eigenvalue weighted by molar-refractivity contribution is -0.126. The van der Waals surface area contributed by atoms with Crippen LogP contribution in [0.3, 0.4) is 0 Å². The van der Waals surface area contributed by atoms with E-state index in [4.69, 9.17) is 0 Å². The average Bonchev–Trinajstić information content (AvgIpc) is 2.33. The van der Waals surface area contributed by atoms with Gasteiger partial charge < -0.3 is 10.6 Å². The first kappa shape index (κ1) is 19.7. The van der Waals surface area contributed by atoms with Gasteiger partial charge in [0.05, 0.1) is 5.92 Å². The molecule has 5 heteroatoms. The number of nitrogens with zero attached hydrogens (tertiary/aromatic N) is 1. The Labute approximate surface area is 130 Å². The minimum Gasteiger partial charge on any atom is -0.355 e. The lowest BCUT2D eigenvalue weighted by Gasteiger charge is -2.32. The third-order valence-electron chi connectivity index (χ3n) is 4.09. The largest absolute Gasteiger partial charge is 0.355 e. The minimum absolute atomic E-state index is 0. The van der Waals surface area contributed by atoms with Crippen molar-refractivity contribution in [3.05, 3.63) is 0 Å². The molecule has 0 aromatic rings. The summed E-state index contributed by atoms with van der Waals surface area (Å²) in [5.74, 6) is 0.354. The molecule has 20 heavy (non-hydrogen) atoms. The van der Waals surface area contributed by atoms with E-state index in [9.17, 15) is 4.79 Å². The number of rotatable bonds is 6. The highest BCUT2D eigenvalue weighted by Crippen LogP contribution is 2.16. The number of nitrogens with one attached hydrogen (secondary N) is 2. The van der Waals surface area contributed by atoms with Gasteiger partial charge in [-0.25, -0.2) is 0 Å². The summed E-state index contributed by atoms with van der Waals surface area (Å²) in [4.78, 5) is 14.6. The number of carbonyl (C=O) groups excluding carboxylic acids is 1. The standard InChI is InChI=1S/C15H31N3O.ClH/c1-11(2)18(12(3)4)10-9-17-15(19)14-7-6-8-16-13(14)5;/h11-14,16H,6-10H2,1-5H3,(H,17,19);1H. The fourth-order valence-electron chi connectivity index (χ4n) is 2.95. The Morgan fingerprint density at radius 2 is 1.90 bits per heavy atom. The van der Waals surface area contributed by atoms with Crippen LogP contribution in [0.15, 0.2) is 0 Å². The fraction of sp³-hybridized carbons (Fsp3) is 0.933. The topological polar surface area (TPSA) is 44.4 Å². The van der Waals surface area contributed by atoms with E-state index in [1.54, 1.807) is 0 Å². The van der Waals surface area contributed by atoms with Crippen LogP contribution in [0.1, 0.15) is 47.5 Å². The Morgan fingerprint density at radius 3 is 2.40 bits per heavy atom. The van der Waals surface area contributed by atoms with E-state index >= 15 is 0 Å². The van der Waals surface area contributed by atoms with Crippen LogP contribution in [0.5, 0.6) is 0 Å². The molecule has 1 rings (SSSR count). The molecular weight excluding hydrogens is 274 g/mol. The van der Waals surface area contributed by atoms with E-state index in [1.807, 2.05) is 0 Å². The first-order valence-corrected chi connectivity index (χ1v) is 7.70. The molecule has 0 spiro atoms. The van der Waals surface area contributed by atoms with Crippen LogP contribution >= 0.6 is 12.4 Å². The van der Waals surface area contributed by atoms with Gasteiger partial charge in [-0.2, -0.15) is 0 Å². The van der Waals surface area contributed by atoms with Crippen molar-refractivity contribution < 1.29 is 4.79 Å². The second kappa shape index (κ2) is 9.59. The number of halogens is 1. The van der Waals surface area contributed by atoms with E-state index in [0.717, 1.165) is 32.5 Å². The number of piperidine rings is 1. The van der Waals surface area contributed by atoms with E-state index in [1.165, 1.54) is 0 Å². The zero-order valence-corrected chi connectivity index (χ0v) is 14.4. The van der Waals surface area contributed by atoms with Gasteiger partial charge in [-0.15, -0.1) is 12.4 Å². The van der Waals surface area contributed by atoms with E-state index < -0.39 is 0 Å². The zero-order chi connectivity index (χ0) is 14.4. The van der Waals surface area contributed by atoms with Gasteiger partial charge in [0, 0.05) is 31.2 Å². The Morgan fingerprint density at radius 1 is 1.30 bits per heavy atom. The molecule has 1 aliphatic heterocycles. The summed E-state index contributed by atoms with van der Waals surface area (Å²) in [6.07, 6.45) is 2.12. The molecule has 1 saturated heterocycles. The summed E-state index contributed by atoms with van der Waals surface area (Å²) < 4.78 is 0. The molecule has 4 nitrogen and oxygen atoms in total. The molecule has 0 bridgehead atoms. The fourth-order valence-corrected chi connectivity index (χ4v) is 2.95. The third-order valence-corrected chi connectivity index (χ3v) is 4.09. The first-order valence-electron chi connectivity index (χ1n) is 7.70. The van der Waals surface area contributed by atoms with Crippen LogP contribution in [0, 0.1) is 5.92 Å². The van der Waals surface area contributed by atoms with Gasteiger partial charge in [0.15, 0.2) is 0 Å². The van der Waals surface area contributed by atoms with Crippen LogP contribution in [0.25, 0.3) is 0 Å². The van der Waals surface area contributed by atoms with E-state index in [-0.39, 0.29) is 24.2 Å². The maximum absolute atomic E-state index is 12.2. The number of carbonyl (C=O) groups is 1. The Hall–Kier alpha value is -0.320. The summed E-state index contributed by atoms with van der Waals surface area (Å²) >= 11 is 0. The third kappa shape index (κ3) is 5.98. The molecule has 0 aliphatic carbocycles. The highest BCUT2D eigenvalue weighted by Gasteiger charge is 2.27. The highest BCUT2D eigenvalue weighted by molar-refractivity contribution is 5.85. The number of hydrogen-bond donors (Lipinski definition) is 2. The van der Waals surface area contributed by atoms with Gasteiger partial charge in [-0.05, 0) is 54.0 Å². The van der Waals surface area contributed by atoms with Gasteiger partial charge in [0.2, 0.25) is 5.91 Å². The lowest BCUT2D eigenvalue weighted by atomic mass is 9.91. The molecular formula is C15H32ClN3O. The summed E-state index contributed by atoms with van der Waals surface area (Å²) in [5.41, 5.74) is 0. The molecule has 0 saturated carbocycles. The molecule has 1 aliphatic rings. The second-order valence-corrected chi connectivity index (χ2v) is 6.21. The molecule has 1 amide bonds. The van der Waals surface area contributed by atoms with Crippen molar-refractivity contribution in [2.24, 2.45) is 5.92 Å². The zero-order valence-electron chi connectivity index (χ0n) is 13.6. The minimum atomic E-state index is 0. The van der Waals surface area contributed by atoms with Crippen LogP contribution in [-0.4, -0.2) is 48.6 Å². The summed E-state index contributed by atoms with van der Waals surface area (Å²) in [6.45, 7) is 13.6. The molecule has 2 N–H and O–H groups in total. The van der Waals surface area contributed by atoms with Crippen molar-refractivity contribution in [1.29, 1.82) is 0 Å². The molecule has 2 atom stereocenters. The molecule has 0 radical (unpaired) electrons. The van der Waals surface area contributed by atoms with Gasteiger partial charge in [0.1, 0.15) is 0 Å². The summed E-state index contributed by atoms with van der Waals surface area (Å²) in [5, 5.41) is 6.48. The summed E-state index contributed by atoms with van der Waals surface area (Å²) in [7, 11) is 0. The smallest absolute Gasteiger partial charge is 0.224 e. The van der Waals surface area contributed by atoms with Crippen molar-refractivity contribution >= 4 is 18.3 Å². The van der Waals surface area contributed by atoms with Gasteiger partial charge in [0.25, 0.3) is 0 Å². The SMILES string of the molecule is CC1NCCCC1C(=O)NCCN(C(C)C)C(C)C.Cl. The van der Waals surface area contributed by atoms with Gasteiger partial charge in [-0.3, -0.25) is 9.69 Å². The van der Waals surface area contributed by atoms with Crippen molar-refractivity contribution in [3.8, 4) is 0 Å². The normalized spacial score (nSPS) is 23.0. The highest BCUT2D eigenvalue weighted by atomic mass is 35.5. The van der Waals surface area contributed by atoms with Crippen molar-refractivity contribution in [2.45, 2.75) is 65.6 Å². The second-order valence-electron chi connectivity index (χ2n) is 6.21. The Bertz CT molecular complexity index is 276. The van der Waals surface area contributed by atoms with Crippen molar-refractivity contribution in [3.63, 3.8) is 0 Å². The average molecular weight is 306 g/mol. The Balaban J connectivity index is 0.00000361. The molecule has 2 unspecified atom stereocenters. The molecule has 0 aromatic carbocycles. The monoisotopic (exact) mass is 305 g/mol. The van der Waals surface area contributed by atoms with Crippen LogP contribution in [0.2, 0.25) is 0 Å². The molecule has 1 fully saturated rings. The van der Waals surface area contributed by atoms with E-state index in [0.29, 0.717) is 18.1 Å². The summed E-state index contributed by atoms with van der Waals surface area (Å²) in [6, 6.07) is 1.35. The lowest BCUT2D eigenvalue weighted by Crippen LogP contribution is -2.48. The van der Waals surface area contributed by atoms with E-state index in [2.05, 4.69) is 50.2 Å². The van der Waals surface area contributed by atoms with Crippen molar-refractivity contribution in [1.82, 2.24) is 15.5 Å². The number of hydrogen-bond acceptors (Lipinski definition) is 3. The van der Waals surface area contributed by atoms with Crippen molar-refractivity contribution in [2.75, 3.05) is 19.6 Å². The molecule has 120 valence electrons. The maximum Gasteiger partial charge on any atom is 0.224 e. The maximum atomic E-state index is 12.2. The first-order chi connectivity index (χ1) is 8.93. The predicted molar refractivity (Wildman–Crippen MR) is 87.4 cm³/mol. The van der Waals surface area contributed by atoms with Gasteiger partial charge in [-0.1, -0.05) is 0 Å². The predicted octanol–water partition coefficient (Wildman–Crippen LogP) is 2.03. The molecule has 0 aromatic heterocycles. The van der Waals surface area contributed by atoms with Crippen LogP contribution in [0.4, 0.5) is 0 Å². The quantitative estimate of drug-likeness (QED) is 0.789. The van der Waals surface area contributed by atoms with Gasteiger partial charge >= 0.3 is 0 Å². The molecule has 1 heterocycles. The van der Waals surface area contributed by atoms with Crippen LogP contribution in [-0.2, 0) is 4.79 Å². The number of amides is 1.